The number of hydrogen-bond donors (Lipinski definition) is 0. The molecule has 4 rings (SSSR count). The standard InChI is InChI=1S/C23H20N2O2/c1-26-19-13-14-22(27-2)20(15-19)23-24-21(17-9-5-3-6-10-17)16-25(23)18-11-7-4-8-12-18/h3-16H,1-2H3. The van der Waals surface area contributed by atoms with Crippen LogP contribution in [0.15, 0.2) is 85.1 Å². The van der Waals surface area contributed by atoms with E-state index in [2.05, 4.69) is 35.0 Å². The molecule has 0 aliphatic heterocycles. The van der Waals surface area contributed by atoms with Crippen molar-refractivity contribution in [3.05, 3.63) is 85.1 Å². The summed E-state index contributed by atoms with van der Waals surface area (Å²) in [6.45, 7) is 0. The Bertz CT molecular complexity index is 1040. The SMILES string of the molecule is COc1ccc(OC)c(-c2nc(-c3ccccc3)cn2-c2ccccc2)c1. The van der Waals surface area contributed by atoms with Crippen LogP contribution >= 0.6 is 0 Å². The highest BCUT2D eigenvalue weighted by Crippen LogP contribution is 2.35. The summed E-state index contributed by atoms with van der Waals surface area (Å²) in [6, 6.07) is 26.1. The van der Waals surface area contributed by atoms with E-state index < -0.39 is 0 Å². The first-order chi connectivity index (χ1) is 13.3. The van der Waals surface area contributed by atoms with Gasteiger partial charge in [0.1, 0.15) is 17.3 Å². The fraction of sp³-hybridized carbons (Fsp3) is 0.0870. The van der Waals surface area contributed by atoms with E-state index in [1.807, 2.05) is 54.6 Å². The van der Waals surface area contributed by atoms with E-state index in [9.17, 15) is 0 Å². The largest absolute Gasteiger partial charge is 0.497 e. The number of benzene rings is 3. The first kappa shape index (κ1) is 16.9. The molecule has 0 fully saturated rings. The van der Waals surface area contributed by atoms with Gasteiger partial charge in [-0.2, -0.15) is 0 Å². The zero-order chi connectivity index (χ0) is 18.6. The molecule has 4 aromatic rings. The summed E-state index contributed by atoms with van der Waals surface area (Å²) >= 11 is 0. The lowest BCUT2D eigenvalue weighted by Gasteiger charge is -2.12. The smallest absolute Gasteiger partial charge is 0.149 e. The third-order valence-electron chi connectivity index (χ3n) is 4.46. The van der Waals surface area contributed by atoms with Crippen molar-refractivity contribution >= 4 is 0 Å². The van der Waals surface area contributed by atoms with Crippen LogP contribution < -0.4 is 9.47 Å². The van der Waals surface area contributed by atoms with Gasteiger partial charge in [-0.05, 0) is 30.3 Å². The maximum Gasteiger partial charge on any atom is 0.149 e. The Morgan fingerprint density at radius 1 is 0.778 bits per heavy atom. The molecule has 0 saturated carbocycles. The van der Waals surface area contributed by atoms with Gasteiger partial charge in [-0.3, -0.25) is 4.57 Å². The number of imidazole rings is 1. The van der Waals surface area contributed by atoms with Crippen LogP contribution in [0.3, 0.4) is 0 Å². The Hall–Kier alpha value is -3.53. The summed E-state index contributed by atoms with van der Waals surface area (Å²) in [5, 5.41) is 0. The van der Waals surface area contributed by atoms with Crippen molar-refractivity contribution < 1.29 is 9.47 Å². The third-order valence-corrected chi connectivity index (χ3v) is 4.46. The lowest BCUT2D eigenvalue weighted by Crippen LogP contribution is -1.98. The van der Waals surface area contributed by atoms with Crippen molar-refractivity contribution in [1.82, 2.24) is 9.55 Å². The molecule has 1 heterocycles. The second kappa shape index (κ2) is 7.38. The van der Waals surface area contributed by atoms with Crippen molar-refractivity contribution in [2.75, 3.05) is 14.2 Å². The van der Waals surface area contributed by atoms with Crippen LogP contribution in [0.25, 0.3) is 28.3 Å². The molecule has 0 saturated heterocycles. The highest BCUT2D eigenvalue weighted by atomic mass is 16.5. The van der Waals surface area contributed by atoms with Crippen LogP contribution in [-0.2, 0) is 0 Å². The second-order valence-corrected chi connectivity index (χ2v) is 6.09. The first-order valence-electron chi connectivity index (χ1n) is 8.73. The van der Waals surface area contributed by atoms with Gasteiger partial charge < -0.3 is 9.47 Å². The zero-order valence-electron chi connectivity index (χ0n) is 15.3. The minimum atomic E-state index is 0.748. The van der Waals surface area contributed by atoms with E-state index >= 15 is 0 Å². The fourth-order valence-corrected chi connectivity index (χ4v) is 3.09. The quantitative estimate of drug-likeness (QED) is 0.492. The number of rotatable bonds is 5. The topological polar surface area (TPSA) is 36.3 Å². The highest BCUT2D eigenvalue weighted by Gasteiger charge is 2.17. The average Bonchev–Trinajstić information content (AvgIpc) is 3.20. The summed E-state index contributed by atoms with van der Waals surface area (Å²) in [7, 11) is 3.32. The number of aromatic nitrogens is 2. The molecule has 3 aromatic carbocycles. The van der Waals surface area contributed by atoms with Crippen molar-refractivity contribution in [3.63, 3.8) is 0 Å². The average molecular weight is 356 g/mol. The van der Waals surface area contributed by atoms with Crippen molar-refractivity contribution in [2.45, 2.75) is 0 Å². The summed E-state index contributed by atoms with van der Waals surface area (Å²) in [4.78, 5) is 4.94. The predicted molar refractivity (Wildman–Crippen MR) is 108 cm³/mol. The molecule has 1 aromatic heterocycles. The van der Waals surface area contributed by atoms with Gasteiger partial charge in [-0.15, -0.1) is 0 Å². The van der Waals surface area contributed by atoms with Crippen molar-refractivity contribution in [2.24, 2.45) is 0 Å². The molecule has 0 radical (unpaired) electrons. The Morgan fingerprint density at radius 3 is 2.15 bits per heavy atom. The number of para-hydroxylation sites is 1. The van der Waals surface area contributed by atoms with Crippen LogP contribution in [0, 0.1) is 0 Å². The summed E-state index contributed by atoms with van der Waals surface area (Å²) in [5.74, 6) is 2.31. The molecule has 27 heavy (non-hydrogen) atoms. The maximum atomic E-state index is 5.60. The molecule has 4 heteroatoms. The molecule has 0 N–H and O–H groups in total. The number of methoxy groups -OCH3 is 2. The summed E-state index contributed by atoms with van der Waals surface area (Å²) < 4.78 is 13.1. The monoisotopic (exact) mass is 356 g/mol. The summed E-state index contributed by atoms with van der Waals surface area (Å²) in [6.07, 6.45) is 2.05. The van der Waals surface area contributed by atoms with Gasteiger partial charge >= 0.3 is 0 Å². The van der Waals surface area contributed by atoms with Gasteiger partial charge in [0, 0.05) is 17.4 Å². The Kier molecular flexibility index (Phi) is 4.62. The molecule has 0 atom stereocenters. The molecule has 0 aliphatic rings. The minimum Gasteiger partial charge on any atom is -0.497 e. The molecular formula is C23H20N2O2. The second-order valence-electron chi connectivity index (χ2n) is 6.09. The van der Waals surface area contributed by atoms with Crippen molar-refractivity contribution in [3.8, 4) is 39.8 Å². The van der Waals surface area contributed by atoms with Crippen LogP contribution in [-0.4, -0.2) is 23.8 Å². The van der Waals surface area contributed by atoms with Gasteiger partial charge in [-0.25, -0.2) is 4.98 Å². The first-order valence-corrected chi connectivity index (χ1v) is 8.73. The van der Waals surface area contributed by atoms with E-state index in [1.54, 1.807) is 14.2 Å². The Labute approximate surface area is 158 Å². The van der Waals surface area contributed by atoms with Gasteiger partial charge in [0.05, 0.1) is 25.5 Å². The Morgan fingerprint density at radius 2 is 1.48 bits per heavy atom. The lowest BCUT2D eigenvalue weighted by molar-refractivity contribution is 0.404. The molecule has 0 bridgehead atoms. The molecule has 0 amide bonds. The van der Waals surface area contributed by atoms with Gasteiger partial charge in [0.15, 0.2) is 0 Å². The maximum absolute atomic E-state index is 5.60. The minimum absolute atomic E-state index is 0.748. The lowest BCUT2D eigenvalue weighted by atomic mass is 10.1. The number of nitrogens with zero attached hydrogens (tertiary/aromatic N) is 2. The normalized spacial score (nSPS) is 10.6. The third kappa shape index (κ3) is 3.29. The zero-order valence-corrected chi connectivity index (χ0v) is 15.3. The number of hydrogen-bond acceptors (Lipinski definition) is 3. The van der Waals surface area contributed by atoms with Crippen LogP contribution in [0.5, 0.6) is 11.5 Å². The van der Waals surface area contributed by atoms with E-state index in [4.69, 9.17) is 14.5 Å². The molecule has 0 unspecified atom stereocenters. The van der Waals surface area contributed by atoms with E-state index in [-0.39, 0.29) is 0 Å². The van der Waals surface area contributed by atoms with E-state index in [1.165, 1.54) is 0 Å². The predicted octanol–water partition coefficient (Wildman–Crippen LogP) is 5.22. The van der Waals surface area contributed by atoms with Crippen LogP contribution in [0.2, 0.25) is 0 Å². The van der Waals surface area contributed by atoms with Crippen LogP contribution in [0.1, 0.15) is 0 Å². The van der Waals surface area contributed by atoms with Crippen LogP contribution in [0.4, 0.5) is 0 Å². The van der Waals surface area contributed by atoms with E-state index in [0.717, 1.165) is 39.8 Å². The van der Waals surface area contributed by atoms with E-state index in [0.29, 0.717) is 0 Å². The number of ether oxygens (including phenoxy) is 2. The van der Waals surface area contributed by atoms with Crippen molar-refractivity contribution in [1.29, 1.82) is 0 Å². The highest BCUT2D eigenvalue weighted by molar-refractivity contribution is 5.72. The fourth-order valence-electron chi connectivity index (χ4n) is 3.09. The Balaban J connectivity index is 1.96. The molecule has 134 valence electrons. The van der Waals surface area contributed by atoms with Gasteiger partial charge in [0.2, 0.25) is 0 Å². The molecular weight excluding hydrogens is 336 g/mol. The van der Waals surface area contributed by atoms with Gasteiger partial charge in [0.25, 0.3) is 0 Å². The molecule has 0 spiro atoms. The molecule has 0 aliphatic carbocycles. The summed E-state index contributed by atoms with van der Waals surface area (Å²) in [5.41, 5.74) is 3.88. The van der Waals surface area contributed by atoms with Gasteiger partial charge in [-0.1, -0.05) is 48.5 Å². The molecule has 4 nitrogen and oxygen atoms in total.